The highest BCUT2D eigenvalue weighted by atomic mass is 16.5. The van der Waals surface area contributed by atoms with Crippen molar-refractivity contribution in [3.05, 3.63) is 53.3 Å². The molecule has 2 aromatic rings. The van der Waals surface area contributed by atoms with E-state index in [-0.39, 0.29) is 29.8 Å². The van der Waals surface area contributed by atoms with Gasteiger partial charge in [-0.15, -0.1) is 0 Å². The van der Waals surface area contributed by atoms with E-state index >= 15 is 0 Å². The maximum Gasteiger partial charge on any atom is 0.227 e. The largest absolute Gasteiger partial charge is 0.381 e. The predicted molar refractivity (Wildman–Crippen MR) is 133 cm³/mol. The van der Waals surface area contributed by atoms with E-state index in [1.165, 1.54) is 5.56 Å². The minimum atomic E-state index is -0.0689. The molecule has 2 saturated heterocycles. The van der Waals surface area contributed by atoms with E-state index in [0.29, 0.717) is 12.0 Å². The number of ether oxygens (including phenoxy) is 1. The molecule has 4 heterocycles. The van der Waals surface area contributed by atoms with E-state index in [4.69, 9.17) is 9.72 Å². The lowest BCUT2D eigenvalue weighted by Gasteiger charge is -2.44. The van der Waals surface area contributed by atoms with Crippen LogP contribution in [0.5, 0.6) is 0 Å². The molecule has 0 aliphatic carbocycles. The number of hydrogen-bond acceptors (Lipinski definition) is 6. The van der Waals surface area contributed by atoms with Crippen LogP contribution in [0.3, 0.4) is 0 Å². The van der Waals surface area contributed by atoms with Crippen molar-refractivity contribution in [1.82, 2.24) is 19.8 Å². The number of carbonyl (C=O) groups excluding carboxylic acids is 1. The van der Waals surface area contributed by atoms with Crippen LogP contribution in [0.1, 0.15) is 61.9 Å². The van der Waals surface area contributed by atoms with E-state index < -0.39 is 0 Å². The van der Waals surface area contributed by atoms with Crippen molar-refractivity contribution in [2.45, 2.75) is 63.6 Å². The second-order valence-corrected chi connectivity index (χ2v) is 10.3. The Labute approximate surface area is 202 Å². The van der Waals surface area contributed by atoms with E-state index in [1.54, 1.807) is 0 Å². The number of anilines is 1. The van der Waals surface area contributed by atoms with Crippen LogP contribution in [0.25, 0.3) is 0 Å². The lowest BCUT2D eigenvalue weighted by molar-refractivity contribution is -0.143. The molecule has 34 heavy (non-hydrogen) atoms. The molecule has 1 amide bonds. The molecule has 1 aromatic carbocycles. The van der Waals surface area contributed by atoms with Crippen molar-refractivity contribution < 1.29 is 9.53 Å². The van der Waals surface area contributed by atoms with Gasteiger partial charge in [-0.1, -0.05) is 30.3 Å². The molecular weight excluding hydrogens is 426 g/mol. The Morgan fingerprint density at radius 1 is 1.12 bits per heavy atom. The van der Waals surface area contributed by atoms with Crippen molar-refractivity contribution in [1.29, 1.82) is 0 Å². The van der Waals surface area contributed by atoms with E-state index in [0.717, 1.165) is 63.2 Å². The summed E-state index contributed by atoms with van der Waals surface area (Å²) in [6.45, 7) is 7.71. The molecule has 2 fully saturated rings. The van der Waals surface area contributed by atoms with Gasteiger partial charge in [0, 0.05) is 49.9 Å². The van der Waals surface area contributed by atoms with Crippen LogP contribution in [0.4, 0.5) is 5.95 Å². The van der Waals surface area contributed by atoms with Gasteiger partial charge in [0.25, 0.3) is 0 Å². The number of likely N-dealkylation sites (N-methyl/N-ethyl adjacent to an activating group) is 1. The van der Waals surface area contributed by atoms with Crippen molar-refractivity contribution >= 4 is 11.9 Å². The van der Waals surface area contributed by atoms with Gasteiger partial charge in [0.15, 0.2) is 0 Å². The number of piperidine rings is 1. The molecule has 3 aliphatic rings. The summed E-state index contributed by atoms with van der Waals surface area (Å²) >= 11 is 0. The summed E-state index contributed by atoms with van der Waals surface area (Å²) < 4.78 is 5.47. The minimum Gasteiger partial charge on any atom is -0.381 e. The Hall–Kier alpha value is -2.51. The lowest BCUT2D eigenvalue weighted by atomic mass is 9.79. The first-order chi connectivity index (χ1) is 16.5. The predicted octanol–water partition coefficient (Wildman–Crippen LogP) is 3.64. The van der Waals surface area contributed by atoms with Crippen LogP contribution >= 0.6 is 0 Å². The molecule has 7 nitrogen and oxygen atoms in total. The number of benzene rings is 1. The zero-order valence-electron chi connectivity index (χ0n) is 20.6. The fourth-order valence-corrected chi connectivity index (χ4v) is 6.01. The van der Waals surface area contributed by atoms with Crippen molar-refractivity contribution in [2.24, 2.45) is 5.92 Å². The van der Waals surface area contributed by atoms with E-state index in [1.807, 2.05) is 12.3 Å². The van der Waals surface area contributed by atoms with Gasteiger partial charge in [0.2, 0.25) is 11.9 Å². The van der Waals surface area contributed by atoms with Crippen molar-refractivity contribution in [3.8, 4) is 0 Å². The Balaban J connectivity index is 1.38. The number of rotatable bonds is 4. The smallest absolute Gasteiger partial charge is 0.227 e. The first-order valence-corrected chi connectivity index (χ1v) is 12.8. The zero-order chi connectivity index (χ0) is 23.7. The van der Waals surface area contributed by atoms with Crippen LogP contribution in [0.2, 0.25) is 0 Å². The quantitative estimate of drug-likeness (QED) is 0.747. The molecule has 182 valence electrons. The van der Waals surface area contributed by atoms with Gasteiger partial charge in [-0.25, -0.2) is 9.97 Å². The van der Waals surface area contributed by atoms with Gasteiger partial charge in [0.05, 0.1) is 11.7 Å². The highest BCUT2D eigenvalue weighted by molar-refractivity contribution is 5.81. The minimum absolute atomic E-state index is 0.00767. The fourth-order valence-electron chi connectivity index (χ4n) is 6.01. The average molecular weight is 464 g/mol. The fraction of sp³-hybridized carbons (Fsp3) is 0.593. The van der Waals surface area contributed by atoms with Crippen molar-refractivity contribution in [2.75, 3.05) is 38.7 Å². The first kappa shape index (κ1) is 23.2. The second-order valence-electron chi connectivity index (χ2n) is 10.3. The maximum atomic E-state index is 14.1. The monoisotopic (exact) mass is 463 g/mol. The van der Waals surface area contributed by atoms with E-state index in [9.17, 15) is 4.79 Å². The summed E-state index contributed by atoms with van der Waals surface area (Å²) in [4.78, 5) is 28.1. The molecule has 5 rings (SSSR count). The van der Waals surface area contributed by atoms with Crippen LogP contribution in [0, 0.1) is 5.92 Å². The summed E-state index contributed by atoms with van der Waals surface area (Å²) in [5, 5.41) is 3.49. The van der Waals surface area contributed by atoms with E-state index in [2.05, 4.69) is 65.3 Å². The number of carbonyl (C=O) groups is 1. The van der Waals surface area contributed by atoms with Crippen LogP contribution < -0.4 is 5.32 Å². The summed E-state index contributed by atoms with van der Waals surface area (Å²) in [6.07, 6.45) is 5.58. The Bertz CT molecular complexity index is 994. The number of amides is 1. The van der Waals surface area contributed by atoms with Gasteiger partial charge in [-0.05, 0) is 64.3 Å². The summed E-state index contributed by atoms with van der Waals surface area (Å²) in [5.74, 6) is 1.14. The molecule has 0 radical (unpaired) electrons. The van der Waals surface area contributed by atoms with Gasteiger partial charge in [0.1, 0.15) is 0 Å². The van der Waals surface area contributed by atoms with Crippen LogP contribution in [-0.2, 0) is 16.0 Å². The molecular formula is C27H37N5O2. The lowest BCUT2D eigenvalue weighted by Crippen LogP contribution is -2.51. The third-order valence-corrected chi connectivity index (χ3v) is 7.87. The van der Waals surface area contributed by atoms with Gasteiger partial charge in [-0.2, -0.15) is 0 Å². The maximum absolute atomic E-state index is 14.1. The number of nitrogens with zero attached hydrogens (tertiary/aromatic N) is 4. The SMILES string of the molecule is C[C@H]1Cc2cnc(NC3CCOCC3)nc2[C@H](C)N1C(=O)[C@H]1CCN(C)C[C@@H]1c1ccccc1. The number of nitrogens with one attached hydrogen (secondary N) is 1. The second kappa shape index (κ2) is 10.0. The zero-order valence-corrected chi connectivity index (χ0v) is 20.6. The standard InChI is InChI=1S/C27H37N5O2/c1-18-15-21-16-28-27(29-22-10-13-34-14-11-22)30-25(21)19(2)32(18)26(33)23-9-12-31(3)17-24(23)20-7-5-4-6-8-20/h4-8,16,18-19,22-24H,9-15,17H2,1-3H3,(H,28,29,30)/t18-,19-,23-,24+/m0/s1. The third-order valence-electron chi connectivity index (χ3n) is 7.87. The summed E-state index contributed by atoms with van der Waals surface area (Å²) in [5.41, 5.74) is 3.40. The highest BCUT2D eigenvalue weighted by Gasteiger charge is 2.41. The molecule has 0 bridgehead atoms. The Kier molecular flexibility index (Phi) is 6.84. The molecule has 0 unspecified atom stereocenters. The summed E-state index contributed by atoms with van der Waals surface area (Å²) in [6, 6.07) is 10.9. The van der Waals surface area contributed by atoms with Gasteiger partial charge in [-0.3, -0.25) is 4.79 Å². The van der Waals surface area contributed by atoms with Gasteiger partial charge < -0.3 is 19.9 Å². The number of hydrogen-bond donors (Lipinski definition) is 1. The third kappa shape index (κ3) is 4.68. The molecule has 0 spiro atoms. The topological polar surface area (TPSA) is 70.6 Å². The molecule has 1 N–H and O–H groups in total. The van der Waals surface area contributed by atoms with Crippen molar-refractivity contribution in [3.63, 3.8) is 0 Å². The highest BCUT2D eigenvalue weighted by Crippen LogP contribution is 2.38. The molecule has 0 saturated carbocycles. The Morgan fingerprint density at radius 3 is 2.65 bits per heavy atom. The Morgan fingerprint density at radius 2 is 1.88 bits per heavy atom. The number of aromatic nitrogens is 2. The van der Waals surface area contributed by atoms with Crippen LogP contribution in [0.15, 0.2) is 36.5 Å². The summed E-state index contributed by atoms with van der Waals surface area (Å²) in [7, 11) is 2.16. The molecule has 7 heteroatoms. The normalized spacial score (nSPS) is 28.4. The molecule has 1 aromatic heterocycles. The molecule has 3 aliphatic heterocycles. The first-order valence-electron chi connectivity index (χ1n) is 12.8. The van der Waals surface area contributed by atoms with Crippen LogP contribution in [-0.4, -0.2) is 71.1 Å². The number of fused-ring (bicyclic) bond motifs is 1. The molecule has 4 atom stereocenters. The van der Waals surface area contributed by atoms with Gasteiger partial charge >= 0.3 is 0 Å². The average Bonchev–Trinajstić information content (AvgIpc) is 2.85. The number of likely N-dealkylation sites (tertiary alicyclic amines) is 1.